The maximum Gasteiger partial charge on any atom is 0.279 e. The van der Waals surface area contributed by atoms with Crippen LogP contribution in [0.5, 0.6) is 0 Å². The maximum atomic E-state index is 13.9. The molecule has 0 unspecified atom stereocenters. The molecule has 0 aliphatic heterocycles. The molecule has 0 radical (unpaired) electrons. The van der Waals surface area contributed by atoms with E-state index in [1.165, 1.54) is 15.8 Å². The van der Waals surface area contributed by atoms with Crippen molar-refractivity contribution in [2.24, 2.45) is 0 Å². The van der Waals surface area contributed by atoms with E-state index >= 15 is 0 Å². The van der Waals surface area contributed by atoms with Crippen LogP contribution in [0.4, 0.5) is 10.1 Å². The fourth-order valence-electron chi connectivity index (χ4n) is 2.65. The number of quaternary nitrogens is 1. The van der Waals surface area contributed by atoms with Gasteiger partial charge in [-0.25, -0.2) is 4.39 Å². The van der Waals surface area contributed by atoms with Crippen molar-refractivity contribution in [1.82, 2.24) is 0 Å². The first-order chi connectivity index (χ1) is 12.1. The summed E-state index contributed by atoms with van der Waals surface area (Å²) in [6.07, 6.45) is 0. The average Bonchev–Trinajstić information content (AvgIpc) is 3.24. The molecule has 0 fully saturated rings. The largest absolute Gasteiger partial charge is 0.319 e. The predicted molar refractivity (Wildman–Crippen MR) is 102 cm³/mol. The minimum absolute atomic E-state index is 0.175. The van der Waals surface area contributed by atoms with Crippen molar-refractivity contribution < 1.29 is 14.1 Å². The molecule has 2 N–H and O–H groups in total. The topological polar surface area (TPSA) is 33.5 Å². The Labute approximate surface area is 154 Å². The zero-order chi connectivity index (χ0) is 17.6. The number of hydrogen-bond acceptors (Lipinski definition) is 3. The van der Waals surface area contributed by atoms with Gasteiger partial charge in [0.1, 0.15) is 18.9 Å². The lowest BCUT2D eigenvalue weighted by molar-refractivity contribution is -0.918. The molecule has 130 valence electrons. The van der Waals surface area contributed by atoms with Crippen LogP contribution in [0.1, 0.15) is 15.3 Å². The first-order valence-electron chi connectivity index (χ1n) is 8.04. The number of anilines is 1. The molecule has 3 aromatic rings. The summed E-state index contributed by atoms with van der Waals surface area (Å²) in [6, 6.07) is 13.0. The number of amides is 1. The summed E-state index contributed by atoms with van der Waals surface area (Å²) in [5.74, 6) is -0.572. The molecule has 0 saturated carbocycles. The van der Waals surface area contributed by atoms with Gasteiger partial charge in [0.2, 0.25) is 0 Å². The summed E-state index contributed by atoms with van der Waals surface area (Å²) >= 11 is 3.38. The molecular weight excluding hydrogens is 355 g/mol. The zero-order valence-electron chi connectivity index (χ0n) is 13.9. The van der Waals surface area contributed by atoms with Gasteiger partial charge in [-0.3, -0.25) is 4.79 Å². The molecule has 25 heavy (non-hydrogen) atoms. The molecule has 3 nitrogen and oxygen atoms in total. The molecule has 0 aliphatic rings. The van der Waals surface area contributed by atoms with E-state index in [2.05, 4.69) is 17.4 Å². The Morgan fingerprint density at radius 3 is 2.24 bits per heavy atom. The molecule has 6 heteroatoms. The Morgan fingerprint density at radius 2 is 1.72 bits per heavy atom. The first kappa shape index (κ1) is 17.8. The zero-order valence-corrected chi connectivity index (χ0v) is 15.6. The normalized spacial score (nSPS) is 11.0. The second-order valence-corrected chi connectivity index (χ2v) is 8.04. The molecule has 0 aliphatic carbocycles. The predicted octanol–water partition coefficient (Wildman–Crippen LogP) is 3.48. The Kier molecular flexibility index (Phi) is 5.96. The Balaban J connectivity index is 1.66. The van der Waals surface area contributed by atoms with E-state index < -0.39 is 5.82 Å². The number of aryl methyl sites for hydroxylation is 1. The molecule has 0 spiro atoms. The quantitative estimate of drug-likeness (QED) is 0.651. The highest BCUT2D eigenvalue weighted by Gasteiger charge is 2.18. The summed E-state index contributed by atoms with van der Waals surface area (Å²) in [5, 5.41) is 6.78. The Bertz CT molecular complexity index is 780. The van der Waals surface area contributed by atoms with Crippen LogP contribution >= 0.6 is 22.7 Å². The molecule has 0 atom stereocenters. The number of benzene rings is 1. The minimum atomic E-state index is -0.397. The maximum absolute atomic E-state index is 13.9. The summed E-state index contributed by atoms with van der Waals surface area (Å²) in [6.45, 7) is 3.67. The number of thiophene rings is 2. The number of nitrogens with one attached hydrogen (secondary N) is 2. The highest BCUT2D eigenvalue weighted by molar-refractivity contribution is 7.10. The lowest BCUT2D eigenvalue weighted by Gasteiger charge is -2.18. The van der Waals surface area contributed by atoms with Crippen LogP contribution < -0.4 is 10.2 Å². The fraction of sp³-hybridized carbons (Fsp3) is 0.211. The molecule has 1 aromatic carbocycles. The highest BCUT2D eigenvalue weighted by atomic mass is 32.1. The van der Waals surface area contributed by atoms with E-state index in [1.54, 1.807) is 34.8 Å². The molecule has 1 amide bonds. The van der Waals surface area contributed by atoms with E-state index in [-0.39, 0.29) is 11.6 Å². The summed E-state index contributed by atoms with van der Waals surface area (Å²) in [5.41, 5.74) is 1.07. The third kappa shape index (κ3) is 5.22. The van der Waals surface area contributed by atoms with Crippen molar-refractivity contribution in [3.63, 3.8) is 0 Å². The lowest BCUT2D eigenvalue weighted by atomic mass is 10.2. The standard InChI is InChI=1S/C19H19FN2OS2/c1-14-6-7-18(17(20)10-14)21-19(23)13-22(11-15-4-2-8-24-15)12-16-5-3-9-25-16/h2-10H,11-13H2,1H3,(H,21,23)/p+1. The molecule has 2 heterocycles. The van der Waals surface area contributed by atoms with Gasteiger partial charge in [-0.2, -0.15) is 0 Å². The van der Waals surface area contributed by atoms with Crippen LogP contribution in [0.15, 0.2) is 53.2 Å². The highest BCUT2D eigenvalue weighted by Crippen LogP contribution is 2.15. The van der Waals surface area contributed by atoms with E-state index in [1.807, 2.05) is 29.8 Å². The molecule has 2 aromatic heterocycles. The van der Waals surface area contributed by atoms with Gasteiger partial charge in [0.25, 0.3) is 5.91 Å². The van der Waals surface area contributed by atoms with Crippen LogP contribution in [-0.4, -0.2) is 12.5 Å². The van der Waals surface area contributed by atoms with Crippen LogP contribution in [-0.2, 0) is 17.9 Å². The van der Waals surface area contributed by atoms with E-state index in [9.17, 15) is 9.18 Å². The van der Waals surface area contributed by atoms with Crippen molar-refractivity contribution in [2.45, 2.75) is 20.0 Å². The summed E-state index contributed by atoms with van der Waals surface area (Å²) < 4.78 is 13.9. The van der Waals surface area contributed by atoms with Gasteiger partial charge in [-0.05, 0) is 47.5 Å². The number of hydrogen-bond donors (Lipinski definition) is 2. The molecule has 0 bridgehead atoms. The smallest absolute Gasteiger partial charge is 0.279 e. The van der Waals surface area contributed by atoms with Crippen LogP contribution in [0.2, 0.25) is 0 Å². The summed E-state index contributed by atoms with van der Waals surface area (Å²) in [7, 11) is 0. The second kappa shape index (κ2) is 8.38. The van der Waals surface area contributed by atoms with E-state index in [0.717, 1.165) is 23.6 Å². The second-order valence-electron chi connectivity index (χ2n) is 5.97. The first-order valence-corrected chi connectivity index (χ1v) is 9.80. The fourth-order valence-corrected chi connectivity index (χ4v) is 4.20. The number of halogens is 1. The Hall–Kier alpha value is -2.02. The van der Waals surface area contributed by atoms with Crippen LogP contribution in [0.25, 0.3) is 0 Å². The van der Waals surface area contributed by atoms with Gasteiger partial charge in [0.15, 0.2) is 6.54 Å². The van der Waals surface area contributed by atoms with Crippen molar-refractivity contribution in [3.05, 3.63) is 74.4 Å². The lowest BCUT2D eigenvalue weighted by Crippen LogP contribution is -3.10. The van der Waals surface area contributed by atoms with Gasteiger partial charge in [0, 0.05) is 0 Å². The van der Waals surface area contributed by atoms with Gasteiger partial charge < -0.3 is 10.2 Å². The SMILES string of the molecule is Cc1ccc(NC(=O)C[NH+](Cc2cccs2)Cc2cccs2)c(F)c1. The third-order valence-corrected chi connectivity index (χ3v) is 5.57. The minimum Gasteiger partial charge on any atom is -0.319 e. The summed E-state index contributed by atoms with van der Waals surface area (Å²) in [4.78, 5) is 16.0. The van der Waals surface area contributed by atoms with Gasteiger partial charge >= 0.3 is 0 Å². The van der Waals surface area contributed by atoms with Crippen molar-refractivity contribution in [1.29, 1.82) is 0 Å². The van der Waals surface area contributed by atoms with Gasteiger partial charge in [-0.15, -0.1) is 22.7 Å². The average molecular weight is 376 g/mol. The van der Waals surface area contributed by atoms with Crippen LogP contribution in [0, 0.1) is 12.7 Å². The third-order valence-electron chi connectivity index (χ3n) is 3.82. The van der Waals surface area contributed by atoms with E-state index in [4.69, 9.17) is 0 Å². The van der Waals surface area contributed by atoms with Crippen molar-refractivity contribution in [2.75, 3.05) is 11.9 Å². The van der Waals surface area contributed by atoms with E-state index in [0.29, 0.717) is 6.54 Å². The number of rotatable bonds is 7. The van der Waals surface area contributed by atoms with Crippen molar-refractivity contribution >= 4 is 34.3 Å². The van der Waals surface area contributed by atoms with Gasteiger partial charge in [-0.1, -0.05) is 18.2 Å². The molecular formula is C19H20FN2OS2+. The Morgan fingerprint density at radius 1 is 1.08 bits per heavy atom. The number of carbonyl (C=O) groups is 1. The monoisotopic (exact) mass is 375 g/mol. The number of carbonyl (C=O) groups excluding carboxylic acids is 1. The van der Waals surface area contributed by atoms with Crippen molar-refractivity contribution in [3.8, 4) is 0 Å². The molecule has 3 rings (SSSR count). The van der Waals surface area contributed by atoms with Crippen LogP contribution in [0.3, 0.4) is 0 Å². The molecule has 0 saturated heterocycles. The van der Waals surface area contributed by atoms with Gasteiger partial charge in [0.05, 0.1) is 15.4 Å².